The zero-order valence-electron chi connectivity index (χ0n) is 12.9. The summed E-state index contributed by atoms with van der Waals surface area (Å²) in [7, 11) is 2.05. The molecular formula is C15H26N4O2. The van der Waals surface area contributed by atoms with Gasteiger partial charge in [-0.25, -0.2) is 5.01 Å². The molecule has 0 aromatic carbocycles. The molecule has 6 heteroatoms. The lowest BCUT2D eigenvalue weighted by molar-refractivity contribution is -0.142. The standard InChI is InChI=1S/C15H26N4O2/c1-18-9-11-19(12-10-18)17-15(21)14(20)16-8-7-13-5-3-2-4-6-13/h5H,2-4,6-12H2,1H3,(H,16,20)(H,17,21). The maximum atomic E-state index is 11.8. The van der Waals surface area contributed by atoms with Gasteiger partial charge in [-0.05, 0) is 39.2 Å². The molecule has 118 valence electrons. The van der Waals surface area contributed by atoms with Gasteiger partial charge < -0.3 is 10.2 Å². The van der Waals surface area contributed by atoms with Crippen molar-refractivity contribution in [1.82, 2.24) is 20.7 Å². The number of hydrogen-bond donors (Lipinski definition) is 2. The average Bonchev–Trinajstić information content (AvgIpc) is 2.50. The van der Waals surface area contributed by atoms with Crippen molar-refractivity contribution < 1.29 is 9.59 Å². The third-order valence-corrected chi connectivity index (χ3v) is 4.09. The minimum Gasteiger partial charge on any atom is -0.347 e. The van der Waals surface area contributed by atoms with Gasteiger partial charge in [0.15, 0.2) is 0 Å². The summed E-state index contributed by atoms with van der Waals surface area (Å²) in [4.78, 5) is 25.7. The Labute approximate surface area is 126 Å². The third kappa shape index (κ3) is 5.47. The molecule has 0 atom stereocenters. The normalized spacial score (nSPS) is 20.7. The predicted octanol–water partition coefficient (Wildman–Crippen LogP) is 0.272. The lowest BCUT2D eigenvalue weighted by atomic mass is 9.97. The number of carbonyl (C=O) groups excluding carboxylic acids is 2. The van der Waals surface area contributed by atoms with Gasteiger partial charge in [0, 0.05) is 32.7 Å². The van der Waals surface area contributed by atoms with Crippen LogP contribution in [0.25, 0.3) is 0 Å². The summed E-state index contributed by atoms with van der Waals surface area (Å²) in [5.74, 6) is -1.09. The van der Waals surface area contributed by atoms with Crippen molar-refractivity contribution in [3.05, 3.63) is 11.6 Å². The second-order valence-electron chi connectivity index (χ2n) is 5.85. The molecule has 0 saturated carbocycles. The number of carbonyl (C=O) groups is 2. The van der Waals surface area contributed by atoms with Crippen molar-refractivity contribution in [2.75, 3.05) is 39.8 Å². The van der Waals surface area contributed by atoms with E-state index in [1.807, 2.05) is 12.1 Å². The molecule has 0 spiro atoms. The Morgan fingerprint density at radius 1 is 1.14 bits per heavy atom. The topological polar surface area (TPSA) is 64.7 Å². The molecule has 21 heavy (non-hydrogen) atoms. The van der Waals surface area contributed by atoms with Gasteiger partial charge in [0.2, 0.25) is 0 Å². The number of amides is 2. The molecule has 6 nitrogen and oxygen atoms in total. The molecule has 2 aliphatic rings. The fourth-order valence-corrected chi connectivity index (χ4v) is 2.66. The Morgan fingerprint density at radius 2 is 1.90 bits per heavy atom. The minimum absolute atomic E-state index is 0.537. The van der Waals surface area contributed by atoms with E-state index in [0.29, 0.717) is 6.54 Å². The van der Waals surface area contributed by atoms with E-state index in [1.165, 1.54) is 18.4 Å². The number of nitrogens with zero attached hydrogens (tertiary/aromatic N) is 2. The highest BCUT2D eigenvalue weighted by Gasteiger charge is 2.19. The van der Waals surface area contributed by atoms with E-state index in [4.69, 9.17) is 0 Å². The van der Waals surface area contributed by atoms with E-state index >= 15 is 0 Å². The predicted molar refractivity (Wildman–Crippen MR) is 81.4 cm³/mol. The van der Waals surface area contributed by atoms with Crippen LogP contribution in [0.3, 0.4) is 0 Å². The average molecular weight is 294 g/mol. The van der Waals surface area contributed by atoms with Crippen LogP contribution in [0.1, 0.15) is 32.1 Å². The summed E-state index contributed by atoms with van der Waals surface area (Å²) in [6.45, 7) is 3.84. The van der Waals surface area contributed by atoms with Crippen molar-refractivity contribution >= 4 is 11.8 Å². The lowest BCUT2D eigenvalue weighted by Gasteiger charge is -2.32. The maximum absolute atomic E-state index is 11.8. The van der Waals surface area contributed by atoms with E-state index in [9.17, 15) is 9.59 Å². The van der Waals surface area contributed by atoms with Crippen LogP contribution in [0.15, 0.2) is 11.6 Å². The smallest absolute Gasteiger partial charge is 0.323 e. The summed E-state index contributed by atoms with van der Waals surface area (Å²) < 4.78 is 0. The van der Waals surface area contributed by atoms with Crippen LogP contribution < -0.4 is 10.7 Å². The SMILES string of the molecule is CN1CCN(NC(=O)C(=O)NCCC2=CCCCC2)CC1. The molecule has 1 aliphatic carbocycles. The molecule has 2 amide bonds. The van der Waals surface area contributed by atoms with Gasteiger partial charge in [-0.15, -0.1) is 0 Å². The largest absolute Gasteiger partial charge is 0.347 e. The molecule has 0 aromatic rings. The molecule has 2 rings (SSSR count). The second-order valence-corrected chi connectivity index (χ2v) is 5.85. The van der Waals surface area contributed by atoms with Crippen LogP contribution in [0.2, 0.25) is 0 Å². The monoisotopic (exact) mass is 294 g/mol. The Morgan fingerprint density at radius 3 is 2.57 bits per heavy atom. The molecule has 2 N–H and O–H groups in total. The molecule has 0 aromatic heterocycles. The first kappa shape index (κ1) is 16.0. The molecule has 1 heterocycles. The highest BCUT2D eigenvalue weighted by molar-refractivity contribution is 6.34. The first-order valence-corrected chi connectivity index (χ1v) is 7.85. The van der Waals surface area contributed by atoms with Crippen molar-refractivity contribution in [2.45, 2.75) is 32.1 Å². The van der Waals surface area contributed by atoms with Crippen molar-refractivity contribution in [3.63, 3.8) is 0 Å². The van der Waals surface area contributed by atoms with Crippen LogP contribution in [0, 0.1) is 0 Å². The van der Waals surface area contributed by atoms with Crippen molar-refractivity contribution in [3.8, 4) is 0 Å². The number of allylic oxidation sites excluding steroid dienone is 1. The Bertz CT molecular complexity index is 400. The molecule has 0 unspecified atom stereocenters. The summed E-state index contributed by atoms with van der Waals surface area (Å²) in [6, 6.07) is 0. The number of likely N-dealkylation sites (N-methyl/N-ethyl adjacent to an activating group) is 1. The van der Waals surface area contributed by atoms with Gasteiger partial charge in [-0.1, -0.05) is 11.6 Å². The summed E-state index contributed by atoms with van der Waals surface area (Å²) in [5, 5.41) is 4.51. The van der Waals surface area contributed by atoms with Gasteiger partial charge in [0.1, 0.15) is 0 Å². The zero-order valence-corrected chi connectivity index (χ0v) is 12.9. The Hall–Kier alpha value is -1.40. The van der Waals surface area contributed by atoms with Gasteiger partial charge >= 0.3 is 11.8 Å². The highest BCUT2D eigenvalue weighted by atomic mass is 16.2. The summed E-state index contributed by atoms with van der Waals surface area (Å²) in [5.41, 5.74) is 4.07. The minimum atomic E-state index is -0.558. The van der Waals surface area contributed by atoms with Crippen LogP contribution in [-0.2, 0) is 9.59 Å². The van der Waals surface area contributed by atoms with E-state index in [-0.39, 0.29) is 0 Å². The third-order valence-electron chi connectivity index (χ3n) is 4.09. The van der Waals surface area contributed by atoms with Crippen LogP contribution in [0.4, 0.5) is 0 Å². The zero-order chi connectivity index (χ0) is 15.1. The van der Waals surface area contributed by atoms with Gasteiger partial charge in [0.05, 0.1) is 0 Å². The van der Waals surface area contributed by atoms with Crippen LogP contribution in [-0.4, -0.2) is 61.5 Å². The van der Waals surface area contributed by atoms with Crippen molar-refractivity contribution in [1.29, 1.82) is 0 Å². The molecule has 1 fully saturated rings. The molecule has 1 saturated heterocycles. The lowest BCUT2D eigenvalue weighted by Crippen LogP contribution is -2.55. The Balaban J connectivity index is 1.63. The van der Waals surface area contributed by atoms with Crippen LogP contribution >= 0.6 is 0 Å². The summed E-state index contributed by atoms with van der Waals surface area (Å²) in [6.07, 6.45) is 7.90. The first-order valence-electron chi connectivity index (χ1n) is 7.85. The molecular weight excluding hydrogens is 268 g/mol. The van der Waals surface area contributed by atoms with E-state index in [0.717, 1.165) is 45.4 Å². The van der Waals surface area contributed by atoms with E-state index in [2.05, 4.69) is 21.7 Å². The van der Waals surface area contributed by atoms with Gasteiger partial charge in [-0.2, -0.15) is 0 Å². The highest BCUT2D eigenvalue weighted by Crippen LogP contribution is 2.19. The quantitative estimate of drug-likeness (QED) is 0.577. The Kier molecular flexibility index (Phi) is 6.20. The summed E-state index contributed by atoms with van der Waals surface area (Å²) >= 11 is 0. The number of nitrogens with one attached hydrogen (secondary N) is 2. The van der Waals surface area contributed by atoms with Gasteiger partial charge in [-0.3, -0.25) is 15.0 Å². The number of piperazine rings is 1. The maximum Gasteiger partial charge on any atom is 0.323 e. The molecule has 0 radical (unpaired) electrons. The fraction of sp³-hybridized carbons (Fsp3) is 0.733. The van der Waals surface area contributed by atoms with Crippen molar-refractivity contribution in [2.24, 2.45) is 0 Å². The molecule has 1 aliphatic heterocycles. The second kappa shape index (κ2) is 8.14. The number of hydrogen-bond acceptors (Lipinski definition) is 4. The molecule has 0 bridgehead atoms. The number of hydrazine groups is 1. The van der Waals surface area contributed by atoms with Gasteiger partial charge in [0.25, 0.3) is 0 Å². The van der Waals surface area contributed by atoms with Crippen LogP contribution in [0.5, 0.6) is 0 Å². The first-order chi connectivity index (χ1) is 10.1. The van der Waals surface area contributed by atoms with E-state index < -0.39 is 11.8 Å². The fourth-order valence-electron chi connectivity index (χ4n) is 2.66. The van der Waals surface area contributed by atoms with E-state index in [1.54, 1.807) is 0 Å². The number of rotatable bonds is 4.